The molecular weight excluding hydrogens is 218 g/mol. The van der Waals surface area contributed by atoms with Crippen LogP contribution in [-0.2, 0) is 9.57 Å². The van der Waals surface area contributed by atoms with Crippen LogP contribution in [0.3, 0.4) is 0 Å². The predicted molar refractivity (Wildman–Crippen MR) is 40.0 cm³/mol. The van der Waals surface area contributed by atoms with Gasteiger partial charge in [0, 0.05) is 11.4 Å². The Morgan fingerprint density at radius 1 is 1.73 bits per heavy atom. The summed E-state index contributed by atoms with van der Waals surface area (Å²) in [5, 5.41) is 9.14. The monoisotopic (exact) mass is 225 g/mol. The van der Waals surface area contributed by atoms with Crippen LogP contribution in [-0.4, -0.2) is 29.2 Å². The van der Waals surface area contributed by atoms with Crippen LogP contribution < -0.4 is 0 Å². The molecule has 1 rings (SSSR count). The Morgan fingerprint density at radius 3 is 3.00 bits per heavy atom. The molecule has 1 aliphatic heterocycles. The average Bonchev–Trinajstić information content (AvgIpc) is 1.93. The zero-order chi connectivity index (χ0) is 8.27. The van der Waals surface area contributed by atoms with E-state index in [0.29, 0.717) is 6.61 Å². The van der Waals surface area contributed by atoms with E-state index < -0.39 is 11.2 Å². The molecule has 0 aliphatic carbocycles. The van der Waals surface area contributed by atoms with E-state index in [4.69, 9.17) is 4.74 Å². The van der Waals surface area contributed by atoms with Gasteiger partial charge in [-0.25, -0.2) is 0 Å². The van der Waals surface area contributed by atoms with Gasteiger partial charge >= 0.3 is 0 Å². The molecule has 1 heterocycles. The van der Waals surface area contributed by atoms with Gasteiger partial charge in [0.1, 0.15) is 6.10 Å². The van der Waals surface area contributed by atoms with Gasteiger partial charge in [0.2, 0.25) is 0 Å². The van der Waals surface area contributed by atoms with Crippen LogP contribution in [0.4, 0.5) is 0 Å². The molecular formula is C5H8BrNO4. The van der Waals surface area contributed by atoms with E-state index >= 15 is 0 Å². The van der Waals surface area contributed by atoms with Crippen LogP contribution >= 0.6 is 15.9 Å². The van der Waals surface area contributed by atoms with Gasteiger partial charge in [0.05, 0.1) is 6.61 Å². The Balaban J connectivity index is 2.35. The summed E-state index contributed by atoms with van der Waals surface area (Å²) in [6.45, 7) is 0.921. The van der Waals surface area contributed by atoms with E-state index in [-0.39, 0.29) is 11.4 Å². The third-order valence-electron chi connectivity index (χ3n) is 1.44. The Bertz CT molecular complexity index is 153. The highest BCUT2D eigenvalue weighted by atomic mass is 79.9. The van der Waals surface area contributed by atoms with Gasteiger partial charge in [-0.2, -0.15) is 0 Å². The van der Waals surface area contributed by atoms with Crippen LogP contribution in [0.1, 0.15) is 6.42 Å². The molecule has 0 N–H and O–H groups in total. The van der Waals surface area contributed by atoms with Crippen molar-refractivity contribution in [2.75, 3.05) is 13.2 Å². The van der Waals surface area contributed by atoms with Crippen molar-refractivity contribution in [1.82, 2.24) is 0 Å². The standard InChI is InChI=1S/C5H8BrNO4/c6-4-1-2-10-3-5(4)11-7(8)9/h4-5H,1-3H2. The molecule has 11 heavy (non-hydrogen) atoms. The summed E-state index contributed by atoms with van der Waals surface area (Å²) in [4.78, 5) is 14.3. The third kappa shape index (κ3) is 2.63. The minimum Gasteiger partial charge on any atom is -0.379 e. The summed E-state index contributed by atoms with van der Waals surface area (Å²) in [6.07, 6.45) is 0.289. The Hall–Kier alpha value is -0.360. The van der Waals surface area contributed by atoms with Crippen molar-refractivity contribution >= 4 is 15.9 Å². The van der Waals surface area contributed by atoms with E-state index in [1.807, 2.05) is 0 Å². The maximum Gasteiger partial charge on any atom is 0.294 e. The fourth-order valence-electron chi connectivity index (χ4n) is 0.893. The molecule has 5 nitrogen and oxygen atoms in total. The van der Waals surface area contributed by atoms with Crippen LogP contribution in [0, 0.1) is 10.1 Å². The SMILES string of the molecule is O=[N+]([O-])OC1COCCC1Br. The van der Waals surface area contributed by atoms with Crippen LogP contribution in [0.15, 0.2) is 0 Å². The summed E-state index contributed by atoms with van der Waals surface area (Å²) in [5.74, 6) is 0. The zero-order valence-electron chi connectivity index (χ0n) is 5.73. The van der Waals surface area contributed by atoms with Crippen LogP contribution in [0.25, 0.3) is 0 Å². The van der Waals surface area contributed by atoms with Gasteiger partial charge in [-0.05, 0) is 6.42 Å². The fourth-order valence-corrected chi connectivity index (χ4v) is 1.33. The summed E-state index contributed by atoms with van der Waals surface area (Å²) in [5.41, 5.74) is 0. The Morgan fingerprint density at radius 2 is 2.45 bits per heavy atom. The molecule has 6 heteroatoms. The maximum absolute atomic E-state index is 9.92. The summed E-state index contributed by atoms with van der Waals surface area (Å²) in [6, 6.07) is 0. The first-order valence-electron chi connectivity index (χ1n) is 3.23. The lowest BCUT2D eigenvalue weighted by atomic mass is 10.2. The summed E-state index contributed by atoms with van der Waals surface area (Å²) >= 11 is 3.27. The maximum atomic E-state index is 9.92. The largest absolute Gasteiger partial charge is 0.379 e. The van der Waals surface area contributed by atoms with Crippen LogP contribution in [0.2, 0.25) is 0 Å². The van der Waals surface area contributed by atoms with E-state index in [0.717, 1.165) is 6.42 Å². The molecule has 0 radical (unpaired) electrons. The molecule has 0 aromatic heterocycles. The smallest absolute Gasteiger partial charge is 0.294 e. The lowest BCUT2D eigenvalue weighted by Gasteiger charge is -2.25. The minimum absolute atomic E-state index is 0.0293. The molecule has 64 valence electrons. The molecule has 1 fully saturated rings. The van der Waals surface area contributed by atoms with E-state index in [1.54, 1.807) is 0 Å². The number of hydrogen-bond donors (Lipinski definition) is 0. The number of nitrogens with zero attached hydrogens (tertiary/aromatic N) is 1. The molecule has 1 aliphatic rings. The Kier molecular flexibility index (Phi) is 3.07. The van der Waals surface area contributed by atoms with Crippen molar-refractivity contribution in [1.29, 1.82) is 0 Å². The summed E-state index contributed by atoms with van der Waals surface area (Å²) < 4.78 is 4.99. The number of rotatable bonds is 2. The molecule has 0 bridgehead atoms. The van der Waals surface area contributed by atoms with Gasteiger partial charge in [-0.15, -0.1) is 10.1 Å². The average molecular weight is 226 g/mol. The van der Waals surface area contributed by atoms with Crippen molar-refractivity contribution in [2.45, 2.75) is 17.4 Å². The number of alkyl halides is 1. The van der Waals surface area contributed by atoms with E-state index in [1.165, 1.54) is 0 Å². The lowest BCUT2D eigenvalue weighted by Crippen LogP contribution is -2.36. The second-order valence-electron chi connectivity index (χ2n) is 2.25. The first kappa shape index (κ1) is 8.73. The molecule has 2 atom stereocenters. The van der Waals surface area contributed by atoms with Crippen molar-refractivity contribution in [3.05, 3.63) is 10.1 Å². The number of hydrogen-bond acceptors (Lipinski definition) is 4. The predicted octanol–water partition coefficient (Wildman–Crippen LogP) is 0.747. The molecule has 0 aromatic carbocycles. The zero-order valence-corrected chi connectivity index (χ0v) is 7.32. The molecule has 0 spiro atoms. The van der Waals surface area contributed by atoms with Crippen molar-refractivity contribution in [3.8, 4) is 0 Å². The highest BCUT2D eigenvalue weighted by Crippen LogP contribution is 2.18. The highest BCUT2D eigenvalue weighted by Gasteiger charge is 2.26. The minimum atomic E-state index is -0.784. The molecule has 1 saturated heterocycles. The first-order valence-corrected chi connectivity index (χ1v) is 4.14. The van der Waals surface area contributed by atoms with Gasteiger partial charge in [-0.1, -0.05) is 15.9 Å². The van der Waals surface area contributed by atoms with Crippen molar-refractivity contribution in [2.24, 2.45) is 0 Å². The molecule has 2 unspecified atom stereocenters. The highest BCUT2D eigenvalue weighted by molar-refractivity contribution is 9.09. The molecule has 0 aromatic rings. The van der Waals surface area contributed by atoms with Crippen molar-refractivity contribution < 1.29 is 14.7 Å². The number of halogens is 1. The van der Waals surface area contributed by atoms with Gasteiger partial charge < -0.3 is 9.57 Å². The van der Waals surface area contributed by atoms with Gasteiger partial charge in [0.25, 0.3) is 5.09 Å². The number of ether oxygens (including phenoxy) is 1. The van der Waals surface area contributed by atoms with Gasteiger partial charge in [-0.3, -0.25) is 0 Å². The van der Waals surface area contributed by atoms with E-state index in [2.05, 4.69) is 20.8 Å². The second kappa shape index (κ2) is 3.87. The topological polar surface area (TPSA) is 61.6 Å². The van der Waals surface area contributed by atoms with Crippen LogP contribution in [0.5, 0.6) is 0 Å². The van der Waals surface area contributed by atoms with Crippen molar-refractivity contribution in [3.63, 3.8) is 0 Å². The van der Waals surface area contributed by atoms with E-state index in [9.17, 15) is 10.1 Å². The normalized spacial score (nSPS) is 31.4. The molecule has 0 amide bonds. The molecule has 0 saturated carbocycles. The Labute approximate surface area is 71.9 Å². The van der Waals surface area contributed by atoms with Gasteiger partial charge in [0.15, 0.2) is 0 Å². The first-order chi connectivity index (χ1) is 5.20. The fraction of sp³-hybridized carbons (Fsp3) is 1.00. The summed E-state index contributed by atoms with van der Waals surface area (Å²) in [7, 11) is 0. The second-order valence-corrected chi connectivity index (χ2v) is 3.42. The third-order valence-corrected chi connectivity index (χ3v) is 2.49. The lowest BCUT2D eigenvalue weighted by molar-refractivity contribution is -0.769. The quantitative estimate of drug-likeness (QED) is 0.396.